The maximum atomic E-state index is 12.7. The molecule has 1 aromatic carbocycles. The molecule has 22 heavy (non-hydrogen) atoms. The number of morpholine rings is 1. The van der Waals surface area contributed by atoms with Crippen molar-refractivity contribution < 1.29 is 13.2 Å². The van der Waals surface area contributed by atoms with Crippen LogP contribution in [-0.2, 0) is 14.8 Å². The van der Waals surface area contributed by atoms with Crippen molar-refractivity contribution in [2.75, 3.05) is 19.7 Å². The quantitative estimate of drug-likeness (QED) is 0.845. The van der Waals surface area contributed by atoms with Crippen LogP contribution in [-0.4, -0.2) is 32.4 Å². The Bertz CT molecular complexity index is 755. The average molecular weight is 358 g/mol. The summed E-state index contributed by atoms with van der Waals surface area (Å²) in [6, 6.07) is 10.8. The van der Waals surface area contributed by atoms with Gasteiger partial charge in [-0.2, -0.15) is 4.31 Å². The molecule has 1 atom stereocenters. The molecule has 0 amide bonds. The Kier molecular flexibility index (Phi) is 4.56. The number of hydrogen-bond acceptors (Lipinski definition) is 4. The van der Waals surface area contributed by atoms with Gasteiger partial charge in [0.2, 0.25) is 0 Å². The van der Waals surface area contributed by atoms with Gasteiger partial charge in [0, 0.05) is 23.0 Å². The molecule has 1 saturated heterocycles. The zero-order valence-electron chi connectivity index (χ0n) is 12.0. The van der Waals surface area contributed by atoms with Crippen LogP contribution in [0.25, 0.3) is 0 Å². The molecule has 0 saturated carbocycles. The van der Waals surface area contributed by atoms with E-state index in [0.717, 1.165) is 10.4 Å². The highest BCUT2D eigenvalue weighted by Gasteiger charge is 2.32. The molecule has 0 spiro atoms. The van der Waals surface area contributed by atoms with E-state index >= 15 is 0 Å². The van der Waals surface area contributed by atoms with Gasteiger partial charge < -0.3 is 4.74 Å². The second-order valence-electron chi connectivity index (χ2n) is 5.14. The molecule has 118 valence electrons. The fourth-order valence-electron chi connectivity index (χ4n) is 2.40. The molecule has 1 aliphatic rings. The van der Waals surface area contributed by atoms with Gasteiger partial charge in [0.05, 0.1) is 12.7 Å². The van der Waals surface area contributed by atoms with Crippen molar-refractivity contribution in [3.8, 4) is 0 Å². The van der Waals surface area contributed by atoms with Crippen molar-refractivity contribution in [3.05, 3.63) is 51.9 Å². The molecular formula is C15H16ClNO3S2. The number of hydrogen-bond donors (Lipinski definition) is 0. The van der Waals surface area contributed by atoms with Crippen LogP contribution in [0.4, 0.5) is 0 Å². The second kappa shape index (κ2) is 6.29. The van der Waals surface area contributed by atoms with Gasteiger partial charge in [0.1, 0.15) is 4.21 Å². The fraction of sp³-hybridized carbons (Fsp3) is 0.333. The standard InChI is InChI=1S/C15H16ClNO3S2/c1-11-2-7-15(21-11)22(18,19)17-8-9-20-14(10-17)12-3-5-13(16)6-4-12/h2-7,14H,8-10H2,1H3. The lowest BCUT2D eigenvalue weighted by Crippen LogP contribution is -2.41. The zero-order valence-corrected chi connectivity index (χ0v) is 14.4. The highest BCUT2D eigenvalue weighted by Crippen LogP contribution is 2.29. The van der Waals surface area contributed by atoms with Crippen molar-refractivity contribution in [2.45, 2.75) is 17.2 Å². The minimum absolute atomic E-state index is 0.262. The average Bonchev–Trinajstić information content (AvgIpc) is 2.95. The van der Waals surface area contributed by atoms with E-state index in [-0.39, 0.29) is 6.10 Å². The van der Waals surface area contributed by atoms with E-state index in [9.17, 15) is 8.42 Å². The summed E-state index contributed by atoms with van der Waals surface area (Å²) in [5, 5.41) is 0.651. The number of ether oxygens (including phenoxy) is 1. The number of thiophene rings is 1. The minimum atomic E-state index is -3.44. The van der Waals surface area contributed by atoms with E-state index < -0.39 is 10.0 Å². The predicted molar refractivity (Wildman–Crippen MR) is 88.0 cm³/mol. The molecule has 0 bridgehead atoms. The number of benzene rings is 1. The first-order chi connectivity index (χ1) is 10.5. The van der Waals surface area contributed by atoms with Crippen molar-refractivity contribution in [1.29, 1.82) is 0 Å². The molecule has 7 heteroatoms. The Morgan fingerprint density at radius 3 is 2.59 bits per heavy atom. The molecular weight excluding hydrogens is 342 g/mol. The highest BCUT2D eigenvalue weighted by molar-refractivity contribution is 7.91. The fourth-order valence-corrected chi connectivity index (χ4v) is 5.39. The number of rotatable bonds is 3. The minimum Gasteiger partial charge on any atom is -0.371 e. The third-order valence-electron chi connectivity index (χ3n) is 3.58. The maximum absolute atomic E-state index is 12.7. The lowest BCUT2D eigenvalue weighted by molar-refractivity contribution is -0.00249. The number of sulfonamides is 1. The van der Waals surface area contributed by atoms with Crippen LogP contribution in [0.1, 0.15) is 16.5 Å². The van der Waals surface area contributed by atoms with Crippen LogP contribution in [0.5, 0.6) is 0 Å². The summed E-state index contributed by atoms with van der Waals surface area (Å²) >= 11 is 7.19. The maximum Gasteiger partial charge on any atom is 0.252 e. The zero-order chi connectivity index (χ0) is 15.7. The summed E-state index contributed by atoms with van der Waals surface area (Å²) in [5.41, 5.74) is 0.937. The first-order valence-corrected chi connectivity index (χ1v) is 9.54. The third kappa shape index (κ3) is 3.21. The molecule has 3 rings (SSSR count). The topological polar surface area (TPSA) is 46.6 Å². The van der Waals surface area contributed by atoms with Gasteiger partial charge in [0.25, 0.3) is 10.0 Å². The first-order valence-electron chi connectivity index (χ1n) is 6.90. The Morgan fingerprint density at radius 1 is 1.23 bits per heavy atom. The summed E-state index contributed by atoms with van der Waals surface area (Å²) < 4.78 is 33.0. The molecule has 1 aliphatic heterocycles. The second-order valence-corrected chi connectivity index (χ2v) is 9.03. The lowest BCUT2D eigenvalue weighted by Gasteiger charge is -2.32. The van der Waals surface area contributed by atoms with E-state index in [1.54, 1.807) is 18.2 Å². The molecule has 4 nitrogen and oxygen atoms in total. The molecule has 1 aromatic heterocycles. The monoisotopic (exact) mass is 357 g/mol. The van der Waals surface area contributed by atoms with Crippen molar-refractivity contribution in [1.82, 2.24) is 4.31 Å². The summed E-state index contributed by atoms with van der Waals surface area (Å²) in [4.78, 5) is 0.987. The van der Waals surface area contributed by atoms with Crippen LogP contribution in [0, 0.1) is 6.92 Å². The molecule has 2 aromatic rings. The van der Waals surface area contributed by atoms with E-state index in [1.807, 2.05) is 25.1 Å². The van der Waals surface area contributed by atoms with Crippen molar-refractivity contribution in [2.24, 2.45) is 0 Å². The van der Waals surface area contributed by atoms with Crippen LogP contribution in [0.2, 0.25) is 5.02 Å². The van der Waals surface area contributed by atoms with Gasteiger partial charge >= 0.3 is 0 Å². The van der Waals surface area contributed by atoms with E-state index in [0.29, 0.717) is 28.9 Å². The normalized spacial score (nSPS) is 20.2. The summed E-state index contributed by atoms with van der Waals surface area (Å²) in [6.45, 7) is 2.99. The van der Waals surface area contributed by atoms with Gasteiger partial charge in [-0.1, -0.05) is 23.7 Å². The molecule has 0 N–H and O–H groups in total. The summed E-state index contributed by atoms with van der Waals surface area (Å²) in [6.07, 6.45) is -0.262. The first kappa shape index (κ1) is 16.0. The SMILES string of the molecule is Cc1ccc(S(=O)(=O)N2CCOC(c3ccc(Cl)cc3)C2)s1. The Morgan fingerprint density at radius 2 is 1.95 bits per heavy atom. The molecule has 2 heterocycles. The summed E-state index contributed by atoms with van der Waals surface area (Å²) in [7, 11) is -3.44. The summed E-state index contributed by atoms with van der Waals surface area (Å²) in [5.74, 6) is 0. The smallest absolute Gasteiger partial charge is 0.252 e. The van der Waals surface area contributed by atoms with Crippen LogP contribution < -0.4 is 0 Å². The van der Waals surface area contributed by atoms with Gasteiger partial charge in [-0.3, -0.25) is 0 Å². The molecule has 1 fully saturated rings. The molecule has 0 radical (unpaired) electrons. The molecule has 0 aliphatic carbocycles. The van der Waals surface area contributed by atoms with Crippen LogP contribution in [0.3, 0.4) is 0 Å². The van der Waals surface area contributed by atoms with Gasteiger partial charge in [-0.15, -0.1) is 11.3 Å². The predicted octanol–water partition coefficient (Wildman–Crippen LogP) is 3.47. The largest absolute Gasteiger partial charge is 0.371 e. The van der Waals surface area contributed by atoms with Gasteiger partial charge in [0.15, 0.2) is 0 Å². The van der Waals surface area contributed by atoms with Gasteiger partial charge in [-0.05, 0) is 36.8 Å². The number of halogens is 1. The molecule has 1 unspecified atom stereocenters. The van der Waals surface area contributed by atoms with E-state index in [4.69, 9.17) is 16.3 Å². The van der Waals surface area contributed by atoms with Crippen molar-refractivity contribution >= 4 is 33.0 Å². The Hall–Kier alpha value is -0.920. The Balaban J connectivity index is 1.82. The number of nitrogens with zero attached hydrogens (tertiary/aromatic N) is 1. The lowest BCUT2D eigenvalue weighted by atomic mass is 10.1. The highest BCUT2D eigenvalue weighted by atomic mass is 35.5. The van der Waals surface area contributed by atoms with Crippen LogP contribution >= 0.6 is 22.9 Å². The van der Waals surface area contributed by atoms with E-state index in [2.05, 4.69) is 0 Å². The van der Waals surface area contributed by atoms with Crippen molar-refractivity contribution in [3.63, 3.8) is 0 Å². The Labute approximate surface area is 139 Å². The third-order valence-corrected chi connectivity index (χ3v) is 7.17. The van der Waals surface area contributed by atoms with E-state index in [1.165, 1.54) is 15.6 Å². The number of aryl methyl sites for hydroxylation is 1. The van der Waals surface area contributed by atoms with Gasteiger partial charge in [-0.25, -0.2) is 8.42 Å². The van der Waals surface area contributed by atoms with Crippen LogP contribution in [0.15, 0.2) is 40.6 Å².